The summed E-state index contributed by atoms with van der Waals surface area (Å²) >= 11 is 0. The number of ketones is 2. The van der Waals surface area contributed by atoms with Crippen LogP contribution in [0.1, 0.15) is 24.0 Å². The van der Waals surface area contributed by atoms with Crippen molar-refractivity contribution in [2.75, 3.05) is 6.61 Å². The first kappa shape index (κ1) is 20.5. The molecule has 0 aliphatic carbocycles. The molecule has 0 atom stereocenters. The SMILES string of the molecule is Cc1cc(CC(=O)CCC(=O)COc2c(F)c(F)cc(F)c2F)ccc1F. The molecule has 8 heteroatoms. The molecular weight excluding hydrogens is 371 g/mol. The predicted octanol–water partition coefficient (Wildman–Crippen LogP) is 4.23. The molecule has 0 N–H and O–H groups in total. The Morgan fingerprint density at radius 2 is 1.44 bits per heavy atom. The Labute approximate surface area is 151 Å². The van der Waals surface area contributed by atoms with Crippen molar-refractivity contribution in [3.63, 3.8) is 0 Å². The van der Waals surface area contributed by atoms with E-state index >= 15 is 0 Å². The van der Waals surface area contributed by atoms with Gasteiger partial charge in [0.05, 0.1) is 0 Å². The van der Waals surface area contributed by atoms with Crippen LogP contribution in [0.2, 0.25) is 0 Å². The van der Waals surface area contributed by atoms with E-state index in [2.05, 4.69) is 4.74 Å². The van der Waals surface area contributed by atoms with Gasteiger partial charge < -0.3 is 4.74 Å². The van der Waals surface area contributed by atoms with Crippen LogP contribution in [0.25, 0.3) is 0 Å². The number of benzene rings is 2. The van der Waals surface area contributed by atoms with Gasteiger partial charge in [-0.15, -0.1) is 0 Å². The van der Waals surface area contributed by atoms with Crippen LogP contribution in [0.15, 0.2) is 24.3 Å². The minimum atomic E-state index is -1.75. The molecule has 0 saturated heterocycles. The van der Waals surface area contributed by atoms with Crippen molar-refractivity contribution in [2.45, 2.75) is 26.2 Å². The predicted molar refractivity (Wildman–Crippen MR) is 85.9 cm³/mol. The number of Topliss-reactive ketones (excluding diaryl/α,β-unsaturated/α-hetero) is 2. The Morgan fingerprint density at radius 1 is 0.852 bits per heavy atom. The fraction of sp³-hybridized carbons (Fsp3) is 0.263. The number of hydrogen-bond donors (Lipinski definition) is 0. The number of carbonyl (C=O) groups excluding carboxylic acids is 2. The molecule has 0 radical (unpaired) electrons. The Hall–Kier alpha value is -2.77. The zero-order chi connectivity index (χ0) is 20.1. The van der Waals surface area contributed by atoms with Gasteiger partial charge in [0.2, 0.25) is 11.6 Å². The fourth-order valence-corrected chi connectivity index (χ4v) is 2.31. The first-order chi connectivity index (χ1) is 12.7. The van der Waals surface area contributed by atoms with Crippen molar-refractivity contribution in [1.82, 2.24) is 0 Å². The van der Waals surface area contributed by atoms with Gasteiger partial charge in [0, 0.05) is 25.3 Å². The minimum Gasteiger partial charge on any atom is -0.480 e. The van der Waals surface area contributed by atoms with Gasteiger partial charge in [-0.1, -0.05) is 12.1 Å². The lowest BCUT2D eigenvalue weighted by atomic mass is 10.0. The minimum absolute atomic E-state index is 0.00633. The summed E-state index contributed by atoms with van der Waals surface area (Å²) in [4.78, 5) is 23.6. The summed E-state index contributed by atoms with van der Waals surface area (Å²) in [7, 11) is 0. The zero-order valence-corrected chi connectivity index (χ0v) is 14.3. The molecule has 27 heavy (non-hydrogen) atoms. The molecule has 2 rings (SSSR count). The second kappa shape index (κ2) is 8.75. The second-order valence-corrected chi connectivity index (χ2v) is 5.92. The molecule has 0 fully saturated rings. The average molecular weight is 386 g/mol. The third-order valence-corrected chi connectivity index (χ3v) is 3.76. The zero-order valence-electron chi connectivity index (χ0n) is 14.3. The van der Waals surface area contributed by atoms with Crippen LogP contribution in [0.4, 0.5) is 22.0 Å². The average Bonchev–Trinajstić information content (AvgIpc) is 2.61. The van der Waals surface area contributed by atoms with Crippen LogP contribution in [0.5, 0.6) is 5.75 Å². The first-order valence-electron chi connectivity index (χ1n) is 7.93. The fourth-order valence-electron chi connectivity index (χ4n) is 2.31. The highest BCUT2D eigenvalue weighted by atomic mass is 19.2. The van der Waals surface area contributed by atoms with Crippen LogP contribution in [0.3, 0.4) is 0 Å². The van der Waals surface area contributed by atoms with Gasteiger partial charge in [-0.2, -0.15) is 8.78 Å². The molecule has 2 aromatic carbocycles. The maximum absolute atomic E-state index is 13.4. The van der Waals surface area contributed by atoms with Crippen molar-refractivity contribution < 1.29 is 36.3 Å². The summed E-state index contributed by atoms with van der Waals surface area (Å²) in [5.41, 5.74) is 0.970. The summed E-state index contributed by atoms with van der Waals surface area (Å²) in [5, 5.41) is 0. The smallest absolute Gasteiger partial charge is 0.203 e. The molecule has 0 aliphatic heterocycles. The van der Waals surface area contributed by atoms with Crippen molar-refractivity contribution in [2.24, 2.45) is 0 Å². The summed E-state index contributed by atoms with van der Waals surface area (Å²) in [6.07, 6.45) is -0.450. The maximum Gasteiger partial charge on any atom is 0.203 e. The molecule has 0 heterocycles. The molecule has 0 amide bonds. The van der Waals surface area contributed by atoms with Crippen molar-refractivity contribution in [1.29, 1.82) is 0 Å². The van der Waals surface area contributed by atoms with E-state index < -0.39 is 47.2 Å². The monoisotopic (exact) mass is 386 g/mol. The van der Waals surface area contributed by atoms with E-state index in [9.17, 15) is 31.5 Å². The van der Waals surface area contributed by atoms with E-state index in [1.807, 2.05) is 0 Å². The van der Waals surface area contributed by atoms with Crippen molar-refractivity contribution in [3.8, 4) is 5.75 Å². The number of carbonyl (C=O) groups is 2. The third kappa shape index (κ3) is 5.35. The summed E-state index contributed by atoms with van der Waals surface area (Å²) < 4.78 is 70.6. The van der Waals surface area contributed by atoms with Gasteiger partial charge in [-0.25, -0.2) is 13.2 Å². The number of aryl methyl sites for hydroxylation is 1. The highest BCUT2D eigenvalue weighted by molar-refractivity contribution is 5.87. The summed E-state index contributed by atoms with van der Waals surface area (Å²) in [5.74, 6) is -9.50. The molecule has 0 unspecified atom stereocenters. The van der Waals surface area contributed by atoms with Gasteiger partial charge in [-0.05, 0) is 24.1 Å². The van der Waals surface area contributed by atoms with Crippen LogP contribution >= 0.6 is 0 Å². The standard InChI is InChI=1S/C19H15F5O3/c1-10-6-11(2-5-14(10)20)7-12(25)3-4-13(26)9-27-19-17(23)15(21)8-16(22)18(19)24/h2,5-6,8H,3-4,7,9H2,1H3. The van der Waals surface area contributed by atoms with E-state index in [0.29, 0.717) is 11.1 Å². The molecule has 0 aliphatic rings. The van der Waals surface area contributed by atoms with Crippen LogP contribution in [-0.2, 0) is 16.0 Å². The molecule has 3 nitrogen and oxygen atoms in total. The van der Waals surface area contributed by atoms with Gasteiger partial charge in [0.15, 0.2) is 23.2 Å². The largest absolute Gasteiger partial charge is 0.480 e. The first-order valence-corrected chi connectivity index (χ1v) is 7.93. The summed E-state index contributed by atoms with van der Waals surface area (Å²) in [6, 6.07) is 4.23. The van der Waals surface area contributed by atoms with Gasteiger partial charge in [-0.3, -0.25) is 9.59 Å². The summed E-state index contributed by atoms with van der Waals surface area (Å²) in [6.45, 7) is 0.706. The normalized spacial score (nSPS) is 10.7. The van der Waals surface area contributed by atoms with E-state index in [1.165, 1.54) is 18.2 Å². The quantitative estimate of drug-likeness (QED) is 0.504. The molecule has 0 saturated carbocycles. The Morgan fingerprint density at radius 3 is 2.04 bits per heavy atom. The third-order valence-electron chi connectivity index (χ3n) is 3.76. The Bertz CT molecular complexity index is 854. The molecular formula is C19H15F5O3. The molecule has 2 aromatic rings. The van der Waals surface area contributed by atoms with Crippen LogP contribution < -0.4 is 4.74 Å². The van der Waals surface area contributed by atoms with E-state index in [0.717, 1.165) is 0 Å². The van der Waals surface area contributed by atoms with E-state index in [4.69, 9.17) is 0 Å². The molecule has 144 valence electrons. The van der Waals surface area contributed by atoms with Crippen molar-refractivity contribution in [3.05, 3.63) is 64.5 Å². The van der Waals surface area contributed by atoms with E-state index in [-0.39, 0.29) is 31.1 Å². The number of hydrogen-bond acceptors (Lipinski definition) is 3. The Balaban J connectivity index is 1.86. The lowest BCUT2D eigenvalue weighted by Gasteiger charge is -2.09. The van der Waals surface area contributed by atoms with Crippen LogP contribution in [-0.4, -0.2) is 18.2 Å². The van der Waals surface area contributed by atoms with Crippen LogP contribution in [0, 0.1) is 36.0 Å². The second-order valence-electron chi connectivity index (χ2n) is 5.92. The molecule has 0 spiro atoms. The van der Waals surface area contributed by atoms with Crippen molar-refractivity contribution >= 4 is 11.6 Å². The number of rotatable bonds is 8. The lowest BCUT2D eigenvalue weighted by molar-refractivity contribution is -0.125. The molecule has 0 aromatic heterocycles. The topological polar surface area (TPSA) is 43.4 Å². The van der Waals surface area contributed by atoms with Gasteiger partial charge >= 0.3 is 0 Å². The highest BCUT2D eigenvalue weighted by Crippen LogP contribution is 2.26. The van der Waals surface area contributed by atoms with Gasteiger partial charge in [0.25, 0.3) is 0 Å². The molecule has 0 bridgehead atoms. The highest BCUT2D eigenvalue weighted by Gasteiger charge is 2.21. The Kier molecular flexibility index (Phi) is 6.65. The van der Waals surface area contributed by atoms with E-state index in [1.54, 1.807) is 6.92 Å². The number of ether oxygens (including phenoxy) is 1. The maximum atomic E-state index is 13.4. The van der Waals surface area contributed by atoms with Gasteiger partial charge in [0.1, 0.15) is 18.2 Å². The number of halogens is 5. The lowest BCUT2D eigenvalue weighted by Crippen LogP contribution is -2.15.